The van der Waals surface area contributed by atoms with Crippen molar-refractivity contribution in [3.63, 3.8) is 0 Å². The van der Waals surface area contributed by atoms with Crippen LogP contribution in [0.15, 0.2) is 90.7 Å². The molecule has 0 atom stereocenters. The number of allylic oxidation sites excluding steroid dienone is 1. The van der Waals surface area contributed by atoms with Crippen molar-refractivity contribution in [2.24, 2.45) is 0 Å². The maximum Gasteiger partial charge on any atom is 0.195 e. The van der Waals surface area contributed by atoms with Crippen molar-refractivity contribution in [3.8, 4) is 6.07 Å². The second kappa shape index (κ2) is 7.81. The zero-order valence-corrected chi connectivity index (χ0v) is 13.6. The summed E-state index contributed by atoms with van der Waals surface area (Å²) in [6.07, 6.45) is 3.59. The number of hydrogen-bond donors (Lipinski definition) is 1. The standard InChI is InChI=1S/C23H17NO/c24-17-22(25)15-18-11-13-19(14-12-18)16-23(20-7-3-1-4-8-20)21-9-5-2-6-10-21/h1-16,25H/b22-15+. The van der Waals surface area contributed by atoms with Gasteiger partial charge in [-0.25, -0.2) is 0 Å². The molecule has 120 valence electrons. The minimum atomic E-state index is -0.294. The van der Waals surface area contributed by atoms with Crippen molar-refractivity contribution >= 4 is 17.7 Å². The van der Waals surface area contributed by atoms with Crippen molar-refractivity contribution in [2.75, 3.05) is 0 Å². The number of rotatable bonds is 4. The number of aliphatic hydroxyl groups is 1. The molecule has 0 aliphatic carbocycles. The van der Waals surface area contributed by atoms with Crippen LogP contribution >= 0.6 is 0 Å². The third-order valence-electron chi connectivity index (χ3n) is 3.83. The highest BCUT2D eigenvalue weighted by molar-refractivity contribution is 5.91. The lowest BCUT2D eigenvalue weighted by molar-refractivity contribution is 0.442. The molecule has 0 unspecified atom stereocenters. The van der Waals surface area contributed by atoms with E-state index in [0.29, 0.717) is 0 Å². The molecule has 1 N–H and O–H groups in total. The molecule has 0 radical (unpaired) electrons. The summed E-state index contributed by atoms with van der Waals surface area (Å²) in [6, 6.07) is 30.0. The van der Waals surface area contributed by atoms with Gasteiger partial charge in [-0.05, 0) is 40.0 Å². The fourth-order valence-electron chi connectivity index (χ4n) is 2.61. The first-order valence-corrected chi connectivity index (χ1v) is 7.99. The number of nitrogens with zero attached hydrogens (tertiary/aromatic N) is 1. The molecular formula is C23H17NO. The molecule has 0 spiro atoms. The maximum atomic E-state index is 9.31. The Labute approximate surface area is 147 Å². The number of nitriles is 1. The van der Waals surface area contributed by atoms with Gasteiger partial charge in [0.15, 0.2) is 5.76 Å². The minimum Gasteiger partial charge on any atom is -0.499 e. The summed E-state index contributed by atoms with van der Waals surface area (Å²) in [5.74, 6) is -0.294. The molecule has 0 heterocycles. The molecular weight excluding hydrogens is 306 g/mol. The zero-order valence-electron chi connectivity index (χ0n) is 13.6. The molecule has 0 aromatic heterocycles. The Kier molecular flexibility index (Phi) is 5.09. The van der Waals surface area contributed by atoms with E-state index >= 15 is 0 Å². The predicted octanol–water partition coefficient (Wildman–Crippen LogP) is 5.70. The van der Waals surface area contributed by atoms with Crippen LogP contribution < -0.4 is 0 Å². The first kappa shape index (κ1) is 16.3. The Morgan fingerprint density at radius 2 is 1.12 bits per heavy atom. The average Bonchev–Trinajstić information content (AvgIpc) is 2.68. The van der Waals surface area contributed by atoms with Crippen LogP contribution in [0.5, 0.6) is 0 Å². The van der Waals surface area contributed by atoms with Crippen LogP contribution in [0.3, 0.4) is 0 Å². The summed E-state index contributed by atoms with van der Waals surface area (Å²) < 4.78 is 0. The van der Waals surface area contributed by atoms with E-state index in [4.69, 9.17) is 5.26 Å². The number of aliphatic hydroxyl groups excluding tert-OH is 1. The Bertz CT molecular complexity index is 889. The summed E-state index contributed by atoms with van der Waals surface area (Å²) >= 11 is 0. The Balaban J connectivity index is 2.01. The summed E-state index contributed by atoms with van der Waals surface area (Å²) in [5.41, 5.74) is 5.29. The smallest absolute Gasteiger partial charge is 0.195 e. The van der Waals surface area contributed by atoms with E-state index in [0.717, 1.165) is 27.8 Å². The van der Waals surface area contributed by atoms with Gasteiger partial charge in [-0.1, -0.05) is 84.9 Å². The van der Waals surface area contributed by atoms with Crippen LogP contribution in [0, 0.1) is 11.3 Å². The van der Waals surface area contributed by atoms with E-state index in [1.165, 1.54) is 6.08 Å². The fraction of sp³-hybridized carbons (Fsp3) is 0. The molecule has 2 nitrogen and oxygen atoms in total. The van der Waals surface area contributed by atoms with Crippen LogP contribution in [-0.2, 0) is 0 Å². The molecule has 2 heteroatoms. The van der Waals surface area contributed by atoms with E-state index in [-0.39, 0.29) is 5.76 Å². The predicted molar refractivity (Wildman–Crippen MR) is 103 cm³/mol. The minimum absolute atomic E-state index is 0.294. The molecule has 25 heavy (non-hydrogen) atoms. The molecule has 0 aliphatic heterocycles. The topological polar surface area (TPSA) is 44.0 Å². The molecule has 0 saturated carbocycles. The number of benzene rings is 3. The fourth-order valence-corrected chi connectivity index (χ4v) is 2.61. The van der Waals surface area contributed by atoms with Crippen LogP contribution in [0.1, 0.15) is 22.3 Å². The van der Waals surface area contributed by atoms with Gasteiger partial charge >= 0.3 is 0 Å². The van der Waals surface area contributed by atoms with Gasteiger partial charge in [-0.3, -0.25) is 0 Å². The van der Waals surface area contributed by atoms with Gasteiger partial charge in [0, 0.05) is 0 Å². The normalized spacial score (nSPS) is 10.8. The number of hydrogen-bond acceptors (Lipinski definition) is 2. The first-order chi connectivity index (χ1) is 12.3. The lowest BCUT2D eigenvalue weighted by Crippen LogP contribution is -1.88. The van der Waals surface area contributed by atoms with Crippen LogP contribution in [0.2, 0.25) is 0 Å². The Morgan fingerprint density at radius 3 is 1.56 bits per heavy atom. The molecule has 3 rings (SSSR count). The van der Waals surface area contributed by atoms with Gasteiger partial charge in [-0.2, -0.15) is 5.26 Å². The van der Waals surface area contributed by atoms with E-state index in [2.05, 4.69) is 30.3 Å². The van der Waals surface area contributed by atoms with E-state index in [9.17, 15) is 5.11 Å². The van der Waals surface area contributed by atoms with Crippen molar-refractivity contribution in [3.05, 3.63) is 113 Å². The summed E-state index contributed by atoms with van der Waals surface area (Å²) in [6.45, 7) is 0. The third-order valence-corrected chi connectivity index (χ3v) is 3.83. The van der Waals surface area contributed by atoms with E-state index < -0.39 is 0 Å². The van der Waals surface area contributed by atoms with Gasteiger partial charge < -0.3 is 5.11 Å². The lowest BCUT2D eigenvalue weighted by atomic mass is 9.95. The molecule has 0 aliphatic rings. The van der Waals surface area contributed by atoms with Crippen molar-refractivity contribution in [1.29, 1.82) is 5.26 Å². The average molecular weight is 323 g/mol. The highest BCUT2D eigenvalue weighted by Gasteiger charge is 2.04. The Morgan fingerprint density at radius 1 is 0.680 bits per heavy atom. The van der Waals surface area contributed by atoms with Gasteiger partial charge in [0.1, 0.15) is 6.07 Å². The van der Waals surface area contributed by atoms with Gasteiger partial charge in [0.05, 0.1) is 0 Å². The van der Waals surface area contributed by atoms with Crippen molar-refractivity contribution < 1.29 is 5.11 Å². The quantitative estimate of drug-likeness (QED) is 0.290. The van der Waals surface area contributed by atoms with Crippen molar-refractivity contribution in [1.82, 2.24) is 0 Å². The maximum absolute atomic E-state index is 9.31. The Hall–Kier alpha value is -3.57. The highest BCUT2D eigenvalue weighted by atomic mass is 16.3. The van der Waals surface area contributed by atoms with Crippen molar-refractivity contribution in [2.45, 2.75) is 0 Å². The lowest BCUT2D eigenvalue weighted by Gasteiger charge is -2.09. The molecule has 0 fully saturated rings. The van der Waals surface area contributed by atoms with Gasteiger partial charge in [0.25, 0.3) is 0 Å². The summed E-state index contributed by atoms with van der Waals surface area (Å²) in [5, 5.41) is 18.0. The second-order valence-corrected chi connectivity index (χ2v) is 5.60. The summed E-state index contributed by atoms with van der Waals surface area (Å²) in [4.78, 5) is 0. The zero-order chi connectivity index (χ0) is 17.5. The van der Waals surface area contributed by atoms with E-state index in [1.54, 1.807) is 6.07 Å². The molecule has 0 bridgehead atoms. The van der Waals surface area contributed by atoms with Crippen LogP contribution in [-0.4, -0.2) is 5.11 Å². The monoisotopic (exact) mass is 323 g/mol. The molecule has 3 aromatic rings. The second-order valence-electron chi connectivity index (χ2n) is 5.60. The van der Waals surface area contributed by atoms with Gasteiger partial charge in [-0.15, -0.1) is 0 Å². The largest absolute Gasteiger partial charge is 0.499 e. The molecule has 0 amide bonds. The van der Waals surface area contributed by atoms with Gasteiger partial charge in [0.2, 0.25) is 0 Å². The first-order valence-electron chi connectivity index (χ1n) is 7.99. The third kappa shape index (κ3) is 4.25. The van der Waals surface area contributed by atoms with Crippen LogP contribution in [0.4, 0.5) is 0 Å². The highest BCUT2D eigenvalue weighted by Crippen LogP contribution is 2.26. The van der Waals surface area contributed by atoms with E-state index in [1.807, 2.05) is 60.7 Å². The summed E-state index contributed by atoms with van der Waals surface area (Å²) in [7, 11) is 0. The molecule has 0 saturated heterocycles. The SMILES string of the molecule is N#C/C(O)=C\c1ccc(C=C(c2ccccc2)c2ccccc2)cc1. The molecule has 3 aromatic carbocycles. The van der Waals surface area contributed by atoms with Crippen LogP contribution in [0.25, 0.3) is 17.7 Å².